The number of amides is 1. The molecule has 4 heteroatoms. The number of unbranched alkanes of at least 4 members (excludes halogenated alkanes) is 4. The summed E-state index contributed by atoms with van der Waals surface area (Å²) in [6.07, 6.45) is 6.71. The molecular formula is C19H34N2O2. The van der Waals surface area contributed by atoms with Crippen LogP contribution in [0.15, 0.2) is 0 Å². The molecule has 1 N–H and O–H groups in total. The van der Waals surface area contributed by atoms with Gasteiger partial charge >= 0.3 is 0 Å². The zero-order valence-corrected chi connectivity index (χ0v) is 15.6. The molecule has 0 aliphatic heterocycles. The van der Waals surface area contributed by atoms with E-state index in [0.717, 1.165) is 68.6 Å². The first-order valence-electron chi connectivity index (χ1n) is 9.04. The minimum Gasteiger partial charge on any atom is -0.392 e. The molecule has 0 aliphatic rings. The van der Waals surface area contributed by atoms with E-state index in [1.54, 1.807) is 0 Å². The van der Waals surface area contributed by atoms with Gasteiger partial charge in [-0.2, -0.15) is 0 Å². The molecule has 0 radical (unpaired) electrons. The molecule has 0 saturated carbocycles. The molecule has 0 unspecified atom stereocenters. The molecule has 0 saturated heterocycles. The molecular weight excluding hydrogens is 288 g/mol. The highest BCUT2D eigenvalue weighted by molar-refractivity contribution is 5.97. The fourth-order valence-electron chi connectivity index (χ4n) is 3.08. The lowest BCUT2D eigenvalue weighted by atomic mass is 10.1. The van der Waals surface area contributed by atoms with Crippen LogP contribution >= 0.6 is 0 Å². The average Bonchev–Trinajstić information content (AvgIpc) is 2.76. The summed E-state index contributed by atoms with van der Waals surface area (Å²) in [5, 5.41) is 9.71. The van der Waals surface area contributed by atoms with Crippen molar-refractivity contribution >= 4 is 5.91 Å². The lowest BCUT2D eigenvalue weighted by molar-refractivity contribution is 0.0745. The van der Waals surface area contributed by atoms with Gasteiger partial charge in [0.2, 0.25) is 0 Å². The number of aromatic nitrogens is 1. The van der Waals surface area contributed by atoms with E-state index in [4.69, 9.17) is 0 Å². The first kappa shape index (κ1) is 19.8. The van der Waals surface area contributed by atoms with Crippen molar-refractivity contribution in [3.8, 4) is 0 Å². The molecule has 0 aromatic carbocycles. The summed E-state index contributed by atoms with van der Waals surface area (Å²) >= 11 is 0. The Bertz CT molecular complexity index is 496. The average molecular weight is 322 g/mol. The Kier molecular flexibility index (Phi) is 8.38. The van der Waals surface area contributed by atoms with Crippen molar-refractivity contribution in [2.45, 2.75) is 72.8 Å². The van der Waals surface area contributed by atoms with E-state index in [1.807, 2.05) is 30.4 Å². The molecule has 1 aromatic heterocycles. The minimum atomic E-state index is -0.0770. The molecule has 132 valence electrons. The van der Waals surface area contributed by atoms with Gasteiger partial charge in [-0.15, -0.1) is 0 Å². The molecule has 0 fully saturated rings. The van der Waals surface area contributed by atoms with Crippen LogP contribution in [0.1, 0.15) is 79.7 Å². The van der Waals surface area contributed by atoms with Gasteiger partial charge in [0.25, 0.3) is 5.91 Å². The van der Waals surface area contributed by atoms with Gasteiger partial charge in [-0.1, -0.05) is 39.5 Å². The van der Waals surface area contributed by atoms with Gasteiger partial charge in [0, 0.05) is 37.1 Å². The molecule has 0 aliphatic carbocycles. The topological polar surface area (TPSA) is 45.5 Å². The number of carbonyl (C=O) groups is 1. The molecule has 1 rings (SSSR count). The van der Waals surface area contributed by atoms with Gasteiger partial charge in [-0.05, 0) is 26.7 Å². The van der Waals surface area contributed by atoms with Crippen molar-refractivity contribution in [1.29, 1.82) is 0 Å². The lowest BCUT2D eigenvalue weighted by Crippen LogP contribution is -2.34. The highest BCUT2D eigenvalue weighted by atomic mass is 16.3. The van der Waals surface area contributed by atoms with Crippen LogP contribution < -0.4 is 0 Å². The Balaban J connectivity index is 3.00. The molecule has 4 nitrogen and oxygen atoms in total. The Morgan fingerprint density at radius 1 is 1.00 bits per heavy atom. The third kappa shape index (κ3) is 4.84. The Morgan fingerprint density at radius 3 is 1.96 bits per heavy atom. The normalized spacial score (nSPS) is 11.0. The van der Waals surface area contributed by atoms with Gasteiger partial charge in [0.05, 0.1) is 12.2 Å². The van der Waals surface area contributed by atoms with Crippen molar-refractivity contribution in [1.82, 2.24) is 9.47 Å². The van der Waals surface area contributed by atoms with Crippen LogP contribution in [0.5, 0.6) is 0 Å². The van der Waals surface area contributed by atoms with Gasteiger partial charge < -0.3 is 14.6 Å². The van der Waals surface area contributed by atoms with Crippen LogP contribution in [0.3, 0.4) is 0 Å². The molecule has 1 aromatic rings. The summed E-state index contributed by atoms with van der Waals surface area (Å²) in [7, 11) is 1.96. The summed E-state index contributed by atoms with van der Waals surface area (Å²) in [6, 6.07) is 0. The predicted molar refractivity (Wildman–Crippen MR) is 95.8 cm³/mol. The van der Waals surface area contributed by atoms with Crippen LogP contribution in [0.4, 0.5) is 0 Å². The maximum absolute atomic E-state index is 13.1. The number of aliphatic hydroxyl groups excluding tert-OH is 1. The van der Waals surface area contributed by atoms with Gasteiger partial charge in [-0.25, -0.2) is 0 Å². The monoisotopic (exact) mass is 322 g/mol. The van der Waals surface area contributed by atoms with E-state index in [9.17, 15) is 9.90 Å². The number of hydrogen-bond acceptors (Lipinski definition) is 2. The van der Waals surface area contributed by atoms with E-state index in [0.29, 0.717) is 5.56 Å². The molecule has 0 spiro atoms. The second-order valence-corrected chi connectivity index (χ2v) is 6.45. The molecule has 23 heavy (non-hydrogen) atoms. The van der Waals surface area contributed by atoms with Crippen molar-refractivity contribution in [2.75, 3.05) is 13.1 Å². The van der Waals surface area contributed by atoms with E-state index < -0.39 is 0 Å². The van der Waals surface area contributed by atoms with Gasteiger partial charge in [-0.3, -0.25) is 4.79 Å². The van der Waals surface area contributed by atoms with Crippen LogP contribution in [-0.4, -0.2) is 33.6 Å². The maximum Gasteiger partial charge on any atom is 0.256 e. The highest BCUT2D eigenvalue weighted by Gasteiger charge is 2.25. The number of carbonyl (C=O) groups excluding carboxylic acids is 1. The Labute approximate surface area is 141 Å². The molecule has 1 amide bonds. The Hall–Kier alpha value is -1.29. The van der Waals surface area contributed by atoms with Crippen molar-refractivity contribution in [3.63, 3.8) is 0 Å². The number of hydrogen-bond donors (Lipinski definition) is 1. The van der Waals surface area contributed by atoms with E-state index in [1.165, 1.54) is 0 Å². The van der Waals surface area contributed by atoms with E-state index in [-0.39, 0.29) is 12.5 Å². The van der Waals surface area contributed by atoms with Crippen LogP contribution in [0.2, 0.25) is 0 Å². The standard InChI is InChI=1S/C19H34N2O2/c1-6-8-10-12-21(13-11-9-7-2)19(23)18-16(4)20(5)15(3)17(18)14-22/h22H,6-14H2,1-5H3. The summed E-state index contributed by atoms with van der Waals surface area (Å²) < 4.78 is 2.01. The van der Waals surface area contributed by atoms with Crippen LogP contribution in [0.25, 0.3) is 0 Å². The zero-order chi connectivity index (χ0) is 17.4. The number of aliphatic hydroxyl groups is 1. The zero-order valence-electron chi connectivity index (χ0n) is 15.6. The fraction of sp³-hybridized carbons (Fsp3) is 0.737. The third-order valence-electron chi connectivity index (χ3n) is 4.83. The smallest absolute Gasteiger partial charge is 0.256 e. The summed E-state index contributed by atoms with van der Waals surface area (Å²) in [4.78, 5) is 15.1. The largest absolute Gasteiger partial charge is 0.392 e. The van der Waals surface area contributed by atoms with E-state index in [2.05, 4.69) is 13.8 Å². The number of nitrogens with zero attached hydrogens (tertiary/aromatic N) is 2. The SMILES string of the molecule is CCCCCN(CCCCC)C(=O)c1c(CO)c(C)n(C)c1C. The Morgan fingerprint density at radius 2 is 1.52 bits per heavy atom. The molecule has 0 atom stereocenters. The second kappa shape index (κ2) is 9.76. The first-order chi connectivity index (χ1) is 11.0. The highest BCUT2D eigenvalue weighted by Crippen LogP contribution is 2.23. The van der Waals surface area contributed by atoms with Crippen molar-refractivity contribution < 1.29 is 9.90 Å². The summed E-state index contributed by atoms with van der Waals surface area (Å²) in [5.74, 6) is 0.0856. The van der Waals surface area contributed by atoms with E-state index >= 15 is 0 Å². The molecule has 0 bridgehead atoms. The predicted octanol–water partition coefficient (Wildman–Crippen LogP) is 3.96. The van der Waals surface area contributed by atoms with Crippen LogP contribution in [-0.2, 0) is 13.7 Å². The van der Waals surface area contributed by atoms with Gasteiger partial charge in [0.15, 0.2) is 0 Å². The third-order valence-corrected chi connectivity index (χ3v) is 4.83. The summed E-state index contributed by atoms with van der Waals surface area (Å²) in [5.41, 5.74) is 3.43. The lowest BCUT2D eigenvalue weighted by Gasteiger charge is -2.23. The first-order valence-corrected chi connectivity index (χ1v) is 9.04. The quantitative estimate of drug-likeness (QED) is 0.663. The summed E-state index contributed by atoms with van der Waals surface area (Å²) in [6.45, 7) is 9.84. The van der Waals surface area contributed by atoms with Crippen molar-refractivity contribution in [3.05, 3.63) is 22.5 Å². The van der Waals surface area contributed by atoms with Gasteiger partial charge in [0.1, 0.15) is 0 Å². The molecule has 1 heterocycles. The van der Waals surface area contributed by atoms with Crippen molar-refractivity contribution in [2.24, 2.45) is 7.05 Å². The van der Waals surface area contributed by atoms with Crippen LogP contribution in [0, 0.1) is 13.8 Å². The maximum atomic E-state index is 13.1. The fourth-order valence-corrected chi connectivity index (χ4v) is 3.08. The number of rotatable bonds is 10. The minimum absolute atomic E-state index is 0.0770. The second-order valence-electron chi connectivity index (χ2n) is 6.45.